The van der Waals surface area contributed by atoms with Crippen molar-refractivity contribution in [1.82, 2.24) is 0 Å². The molecule has 8 aliphatic rings. The third-order valence-corrected chi connectivity index (χ3v) is 20.2. The summed E-state index contributed by atoms with van der Waals surface area (Å²) >= 11 is 0. The van der Waals surface area contributed by atoms with Crippen LogP contribution in [0.3, 0.4) is 0 Å². The van der Waals surface area contributed by atoms with Crippen LogP contribution in [0, 0.1) is 23.7 Å². The van der Waals surface area contributed by atoms with E-state index in [9.17, 15) is 0 Å². The summed E-state index contributed by atoms with van der Waals surface area (Å²) in [5.41, 5.74) is 2.24. The molecule has 4 aliphatic heterocycles. The maximum atomic E-state index is 7.12. The zero-order valence-corrected chi connectivity index (χ0v) is 31.0. The molecule has 8 fully saturated rings. The van der Waals surface area contributed by atoms with Crippen LogP contribution in [0.5, 0.6) is 0 Å². The molecular formula is C32H52O4P2Si2. The molecule has 4 heterocycles. The van der Waals surface area contributed by atoms with E-state index in [4.69, 9.17) is 18.3 Å². The van der Waals surface area contributed by atoms with Gasteiger partial charge >= 0.3 is 0 Å². The van der Waals surface area contributed by atoms with Crippen LogP contribution in [0.15, 0.2) is 18.2 Å². The monoisotopic (exact) mass is 618 g/mol. The molecule has 0 radical (unpaired) electrons. The Morgan fingerprint density at radius 3 is 2.17 bits per heavy atom. The van der Waals surface area contributed by atoms with E-state index in [2.05, 4.69) is 97.9 Å². The minimum atomic E-state index is -1.59. The highest BCUT2D eigenvalue weighted by Gasteiger charge is 2.80. The molecule has 4 aliphatic carbocycles. The van der Waals surface area contributed by atoms with Gasteiger partial charge in [0.15, 0.2) is 29.7 Å². The predicted octanol–water partition coefficient (Wildman–Crippen LogP) is 6.10. The van der Waals surface area contributed by atoms with Gasteiger partial charge in [0.05, 0.1) is 16.4 Å². The summed E-state index contributed by atoms with van der Waals surface area (Å²) < 4.78 is 27.4. The summed E-state index contributed by atoms with van der Waals surface area (Å²) in [5, 5.41) is 1.21. The highest BCUT2D eigenvalue weighted by Crippen LogP contribution is 2.74. The molecular weight excluding hydrogens is 566 g/mol. The van der Waals surface area contributed by atoms with Gasteiger partial charge in [0, 0.05) is 17.8 Å². The summed E-state index contributed by atoms with van der Waals surface area (Å²) in [4.78, 5) is 0. The zero-order chi connectivity index (χ0) is 28.9. The van der Waals surface area contributed by atoms with Gasteiger partial charge in [-0.3, -0.25) is 0 Å². The summed E-state index contributed by atoms with van der Waals surface area (Å²) in [7, 11) is 4.43. The molecule has 0 spiro atoms. The summed E-state index contributed by atoms with van der Waals surface area (Å²) in [6.45, 7) is 20.8. The van der Waals surface area contributed by atoms with Crippen LogP contribution >= 0.6 is 18.5 Å². The first-order valence-electron chi connectivity index (χ1n) is 15.8. The normalized spacial score (nSPS) is 54.7. The van der Waals surface area contributed by atoms with Crippen LogP contribution in [-0.4, -0.2) is 46.0 Å². The fraction of sp³-hybridized carbons (Fsp3) is 0.812. The van der Waals surface area contributed by atoms with E-state index in [0.29, 0.717) is 0 Å². The minimum Gasteiger partial charge on any atom is -0.457 e. The highest BCUT2D eigenvalue weighted by atomic mass is 31.0. The Morgan fingerprint density at radius 2 is 1.55 bits per heavy atom. The number of rotatable bonds is 5. The van der Waals surface area contributed by atoms with Crippen LogP contribution in [0.2, 0.25) is 19.6 Å². The van der Waals surface area contributed by atoms with Gasteiger partial charge in [0.1, 0.15) is 0 Å². The van der Waals surface area contributed by atoms with Gasteiger partial charge in [-0.2, -0.15) is 0 Å². The molecule has 222 valence electrons. The smallest absolute Gasteiger partial charge is 0.178 e. The highest BCUT2D eigenvalue weighted by molar-refractivity contribution is 7.19. The Balaban J connectivity index is 1.46. The lowest BCUT2D eigenvalue weighted by Crippen LogP contribution is -2.85. The van der Waals surface area contributed by atoms with Gasteiger partial charge in [0.25, 0.3) is 0 Å². The maximum absolute atomic E-state index is 7.12. The second-order valence-electron chi connectivity index (χ2n) is 16.7. The summed E-state index contributed by atoms with van der Waals surface area (Å²) in [6.07, 6.45) is 7.56. The van der Waals surface area contributed by atoms with Gasteiger partial charge in [-0.1, -0.05) is 32.0 Å². The van der Waals surface area contributed by atoms with Crippen molar-refractivity contribution in [3.8, 4) is 0 Å². The lowest BCUT2D eigenvalue weighted by Gasteiger charge is -2.76. The van der Waals surface area contributed by atoms with Crippen molar-refractivity contribution in [2.45, 2.75) is 138 Å². The molecule has 11 unspecified atom stereocenters. The first-order valence-corrected chi connectivity index (χ1v) is 21.6. The number of ether oxygens (including phenoxy) is 3. The Hall–Kier alpha value is 0.354. The van der Waals surface area contributed by atoms with Crippen LogP contribution in [0.1, 0.15) is 91.2 Å². The van der Waals surface area contributed by atoms with Gasteiger partial charge in [-0.15, -0.1) is 18.5 Å². The van der Waals surface area contributed by atoms with E-state index in [1.807, 2.05) is 0 Å². The first kappa shape index (κ1) is 29.1. The molecule has 9 rings (SSSR count). The Bertz CT molecular complexity index is 1250. The van der Waals surface area contributed by atoms with E-state index in [1.165, 1.54) is 42.9 Å². The number of hydrogen-bond donors (Lipinski definition) is 0. The van der Waals surface area contributed by atoms with E-state index in [1.54, 1.807) is 5.56 Å². The predicted molar refractivity (Wildman–Crippen MR) is 174 cm³/mol. The van der Waals surface area contributed by atoms with Crippen molar-refractivity contribution in [2.75, 3.05) is 0 Å². The summed E-state index contributed by atoms with van der Waals surface area (Å²) in [6, 6.07) is 7.52. The third kappa shape index (κ3) is 3.57. The second kappa shape index (κ2) is 8.33. The fourth-order valence-electron chi connectivity index (χ4n) is 11.1. The van der Waals surface area contributed by atoms with Crippen LogP contribution in [-0.2, 0) is 28.9 Å². The van der Waals surface area contributed by atoms with Crippen molar-refractivity contribution < 1.29 is 18.3 Å². The van der Waals surface area contributed by atoms with Crippen LogP contribution in [0.25, 0.3) is 0 Å². The van der Waals surface area contributed by atoms with Crippen molar-refractivity contribution in [1.29, 1.82) is 0 Å². The van der Waals surface area contributed by atoms with E-state index >= 15 is 0 Å². The van der Waals surface area contributed by atoms with E-state index in [-0.39, 0.29) is 16.5 Å². The molecule has 1 aromatic rings. The Morgan fingerprint density at radius 1 is 0.900 bits per heavy atom. The van der Waals surface area contributed by atoms with E-state index in [0.717, 1.165) is 24.2 Å². The molecule has 1 aromatic carbocycles. The van der Waals surface area contributed by atoms with Gasteiger partial charge in [-0.25, -0.2) is 0 Å². The van der Waals surface area contributed by atoms with Crippen molar-refractivity contribution in [3.05, 3.63) is 29.3 Å². The van der Waals surface area contributed by atoms with Crippen LogP contribution in [0.4, 0.5) is 0 Å². The zero-order valence-electron chi connectivity index (χ0n) is 26.3. The lowest BCUT2D eigenvalue weighted by molar-refractivity contribution is -0.542. The Kier molecular flexibility index (Phi) is 6.06. The molecule has 0 aromatic heterocycles. The quantitative estimate of drug-likeness (QED) is 0.296. The van der Waals surface area contributed by atoms with Crippen molar-refractivity contribution >= 4 is 41.7 Å². The van der Waals surface area contributed by atoms with Crippen molar-refractivity contribution in [2.24, 2.45) is 23.7 Å². The summed E-state index contributed by atoms with van der Waals surface area (Å²) in [5.74, 6) is 1.23. The van der Waals surface area contributed by atoms with E-state index < -0.39 is 46.0 Å². The molecule has 4 saturated carbocycles. The third-order valence-electron chi connectivity index (χ3n) is 12.9. The minimum absolute atomic E-state index is 0.0647. The van der Waals surface area contributed by atoms with Crippen molar-refractivity contribution in [3.63, 3.8) is 0 Å². The topological polar surface area (TPSA) is 36.9 Å². The standard InChI is InChI=1S/C32H52O4P2Si2/c1-19-28(4)32(38,26(2)18-27(3,34-28)35-30(19,6)33-26)24-11-10-23(39-36-40(7,8)9)15-25(24)31-16-20-12-21(17-31)14-22(13-20)29(31,5)37/h10-11,15,19-22H,12-14,16-18,37-39H2,1-9H3. The fourth-order valence-corrected chi connectivity index (χ4v) is 15.4. The first-order chi connectivity index (χ1) is 18.3. The number of hydrogen-bond acceptors (Lipinski definition) is 4. The van der Waals surface area contributed by atoms with Crippen LogP contribution < -0.4 is 5.19 Å². The average molecular weight is 619 g/mol. The van der Waals surface area contributed by atoms with Gasteiger partial charge < -0.3 is 18.3 Å². The molecule has 4 saturated heterocycles. The largest absolute Gasteiger partial charge is 0.457 e. The molecule has 11 atom stereocenters. The number of benzene rings is 1. The second-order valence-corrected chi connectivity index (χ2v) is 25.2. The Labute approximate surface area is 250 Å². The molecule has 8 bridgehead atoms. The van der Waals surface area contributed by atoms with Gasteiger partial charge in [0.2, 0.25) is 0 Å². The lowest BCUT2D eigenvalue weighted by atomic mass is 9.42. The maximum Gasteiger partial charge on any atom is 0.178 e. The molecule has 8 heteroatoms. The molecule has 40 heavy (non-hydrogen) atoms. The molecule has 4 nitrogen and oxygen atoms in total. The molecule has 0 N–H and O–H groups in total. The molecule has 0 amide bonds. The average Bonchev–Trinajstić information content (AvgIpc) is 2.81. The van der Waals surface area contributed by atoms with Gasteiger partial charge in [-0.05, 0) is 119 Å². The SMILES string of the molecule is CC1C2(C)OC3(C)CC(C)(O2)C(P)(c2ccc([SiH2]O[Si](C)(C)C)cc2C24CC5CC(CC(C5)C2(C)P)C4)C1(C)O3.